The predicted octanol–water partition coefficient (Wildman–Crippen LogP) is 3.24. The molecule has 5 nitrogen and oxygen atoms in total. The first-order valence-corrected chi connectivity index (χ1v) is 7.46. The summed E-state index contributed by atoms with van der Waals surface area (Å²) in [6, 6.07) is 0. The van der Waals surface area contributed by atoms with E-state index in [4.69, 9.17) is 10.5 Å². The zero-order chi connectivity index (χ0) is 14.8. The van der Waals surface area contributed by atoms with Gasteiger partial charge in [-0.05, 0) is 18.3 Å². The third kappa shape index (κ3) is 3.45. The number of nitrogens with zero attached hydrogens (tertiary/aromatic N) is 3. The van der Waals surface area contributed by atoms with Crippen molar-refractivity contribution in [3.63, 3.8) is 0 Å². The SMILES string of the molecule is COC(c1nc(N)nc(C2CCCCC2)n1)C(C)(C)C. The van der Waals surface area contributed by atoms with Crippen LogP contribution in [0.2, 0.25) is 0 Å². The van der Waals surface area contributed by atoms with Crippen molar-refractivity contribution in [2.24, 2.45) is 5.41 Å². The number of ether oxygens (including phenoxy) is 1. The van der Waals surface area contributed by atoms with E-state index in [-0.39, 0.29) is 11.5 Å². The number of aromatic nitrogens is 3. The highest BCUT2D eigenvalue weighted by Crippen LogP contribution is 2.35. The van der Waals surface area contributed by atoms with Gasteiger partial charge in [-0.15, -0.1) is 0 Å². The van der Waals surface area contributed by atoms with Crippen LogP contribution in [-0.2, 0) is 4.74 Å². The molecule has 112 valence electrons. The van der Waals surface area contributed by atoms with E-state index in [1.54, 1.807) is 7.11 Å². The van der Waals surface area contributed by atoms with Crippen molar-refractivity contribution in [2.75, 3.05) is 12.8 Å². The van der Waals surface area contributed by atoms with Crippen molar-refractivity contribution in [2.45, 2.75) is 64.9 Å². The Kier molecular flexibility index (Phi) is 4.58. The quantitative estimate of drug-likeness (QED) is 0.918. The van der Waals surface area contributed by atoms with Gasteiger partial charge >= 0.3 is 0 Å². The molecule has 0 aromatic carbocycles. The molecule has 1 saturated carbocycles. The molecular weight excluding hydrogens is 252 g/mol. The van der Waals surface area contributed by atoms with Crippen LogP contribution < -0.4 is 5.73 Å². The molecule has 5 heteroatoms. The van der Waals surface area contributed by atoms with E-state index in [1.165, 1.54) is 19.3 Å². The molecule has 0 spiro atoms. The van der Waals surface area contributed by atoms with Gasteiger partial charge < -0.3 is 10.5 Å². The molecule has 0 aliphatic heterocycles. The van der Waals surface area contributed by atoms with Gasteiger partial charge in [-0.3, -0.25) is 0 Å². The molecule has 1 aromatic heterocycles. The molecule has 1 fully saturated rings. The van der Waals surface area contributed by atoms with Gasteiger partial charge in [0.05, 0.1) is 0 Å². The summed E-state index contributed by atoms with van der Waals surface area (Å²) in [5.74, 6) is 2.23. The lowest BCUT2D eigenvalue weighted by atomic mass is 9.87. The van der Waals surface area contributed by atoms with E-state index in [0.29, 0.717) is 17.7 Å². The molecule has 1 heterocycles. The highest BCUT2D eigenvalue weighted by molar-refractivity contribution is 5.19. The Bertz CT molecular complexity index is 450. The minimum absolute atomic E-state index is 0.0770. The van der Waals surface area contributed by atoms with Crippen LogP contribution in [0.15, 0.2) is 0 Å². The van der Waals surface area contributed by atoms with Gasteiger partial charge in [0.15, 0.2) is 5.82 Å². The van der Waals surface area contributed by atoms with Gasteiger partial charge in [0, 0.05) is 13.0 Å². The van der Waals surface area contributed by atoms with Crippen molar-refractivity contribution < 1.29 is 4.74 Å². The maximum atomic E-state index is 5.88. The monoisotopic (exact) mass is 278 g/mol. The third-order valence-corrected chi connectivity index (χ3v) is 3.91. The third-order valence-electron chi connectivity index (χ3n) is 3.91. The van der Waals surface area contributed by atoms with Crippen molar-refractivity contribution in [1.82, 2.24) is 15.0 Å². The fraction of sp³-hybridized carbons (Fsp3) is 0.800. The van der Waals surface area contributed by atoms with Gasteiger partial charge in [-0.1, -0.05) is 40.0 Å². The first-order valence-electron chi connectivity index (χ1n) is 7.46. The smallest absolute Gasteiger partial charge is 0.223 e. The molecule has 20 heavy (non-hydrogen) atoms. The standard InChI is InChI=1S/C15H26N4O/c1-15(2,3)11(20-4)13-17-12(18-14(16)19-13)10-8-6-5-7-9-10/h10-11H,5-9H2,1-4H3,(H2,16,17,18,19). The van der Waals surface area contributed by atoms with E-state index < -0.39 is 0 Å². The summed E-state index contributed by atoms with van der Waals surface area (Å²) in [5, 5.41) is 0. The zero-order valence-electron chi connectivity index (χ0n) is 13.0. The van der Waals surface area contributed by atoms with E-state index in [1.807, 2.05) is 0 Å². The van der Waals surface area contributed by atoms with E-state index >= 15 is 0 Å². The number of hydrogen-bond donors (Lipinski definition) is 1. The largest absolute Gasteiger partial charge is 0.373 e. The minimum atomic E-state index is -0.171. The summed E-state index contributed by atoms with van der Waals surface area (Å²) < 4.78 is 5.59. The van der Waals surface area contributed by atoms with Gasteiger partial charge in [0.1, 0.15) is 11.9 Å². The molecule has 0 saturated heterocycles. The van der Waals surface area contributed by atoms with Crippen molar-refractivity contribution in [1.29, 1.82) is 0 Å². The van der Waals surface area contributed by atoms with Crippen LogP contribution in [-0.4, -0.2) is 22.1 Å². The average molecular weight is 278 g/mol. The Hall–Kier alpha value is -1.23. The predicted molar refractivity (Wildman–Crippen MR) is 79.3 cm³/mol. The molecule has 0 amide bonds. The first kappa shape index (κ1) is 15.2. The maximum Gasteiger partial charge on any atom is 0.223 e. The molecule has 2 N–H and O–H groups in total. The number of methoxy groups -OCH3 is 1. The summed E-state index contributed by atoms with van der Waals surface area (Å²) in [4.78, 5) is 13.3. The van der Waals surface area contributed by atoms with Crippen molar-refractivity contribution in [3.8, 4) is 0 Å². The van der Waals surface area contributed by atoms with Crippen molar-refractivity contribution in [3.05, 3.63) is 11.6 Å². The fourth-order valence-electron chi connectivity index (χ4n) is 2.93. The lowest BCUT2D eigenvalue weighted by molar-refractivity contribution is 0.00835. The topological polar surface area (TPSA) is 73.9 Å². The van der Waals surface area contributed by atoms with Crippen molar-refractivity contribution >= 4 is 5.95 Å². The number of rotatable bonds is 3. The molecule has 0 bridgehead atoms. The Morgan fingerprint density at radius 1 is 1.10 bits per heavy atom. The second-order valence-corrected chi connectivity index (χ2v) is 6.73. The van der Waals surface area contributed by atoms with Crippen LogP contribution in [0.4, 0.5) is 5.95 Å². The fourth-order valence-corrected chi connectivity index (χ4v) is 2.93. The molecule has 1 unspecified atom stereocenters. The molecule has 1 aliphatic rings. The highest BCUT2D eigenvalue weighted by atomic mass is 16.5. The van der Waals surface area contributed by atoms with Gasteiger partial charge in [0.25, 0.3) is 0 Å². The number of hydrogen-bond acceptors (Lipinski definition) is 5. The lowest BCUT2D eigenvalue weighted by Gasteiger charge is -2.29. The summed E-state index contributed by atoms with van der Waals surface area (Å²) in [6.45, 7) is 6.34. The summed E-state index contributed by atoms with van der Waals surface area (Å²) in [5.41, 5.74) is 5.81. The van der Waals surface area contributed by atoms with Crippen LogP contribution in [0.3, 0.4) is 0 Å². The first-order chi connectivity index (χ1) is 9.41. The molecule has 1 aromatic rings. The summed E-state index contributed by atoms with van der Waals surface area (Å²) in [6.07, 6.45) is 5.94. The van der Waals surface area contributed by atoms with E-state index in [9.17, 15) is 0 Å². The number of nitrogen functional groups attached to an aromatic ring is 1. The molecule has 0 radical (unpaired) electrons. The van der Waals surface area contributed by atoms with Crippen LogP contribution in [0.1, 0.15) is 76.5 Å². The second kappa shape index (κ2) is 6.04. The Balaban J connectivity index is 2.32. The summed E-state index contributed by atoms with van der Waals surface area (Å²) >= 11 is 0. The lowest BCUT2D eigenvalue weighted by Crippen LogP contribution is -2.24. The van der Waals surface area contributed by atoms with Gasteiger partial charge in [-0.2, -0.15) is 9.97 Å². The van der Waals surface area contributed by atoms with E-state index in [2.05, 4.69) is 35.7 Å². The number of nitrogens with two attached hydrogens (primary N) is 1. The highest BCUT2D eigenvalue weighted by Gasteiger charge is 2.30. The average Bonchev–Trinajstić information content (AvgIpc) is 2.38. The van der Waals surface area contributed by atoms with Gasteiger partial charge in [0.2, 0.25) is 5.95 Å². The van der Waals surface area contributed by atoms with Crippen LogP contribution >= 0.6 is 0 Å². The molecular formula is C15H26N4O. The van der Waals surface area contributed by atoms with Crippen LogP contribution in [0.25, 0.3) is 0 Å². The zero-order valence-corrected chi connectivity index (χ0v) is 13.0. The summed E-state index contributed by atoms with van der Waals surface area (Å²) in [7, 11) is 1.69. The Morgan fingerprint density at radius 2 is 1.75 bits per heavy atom. The second-order valence-electron chi connectivity index (χ2n) is 6.73. The maximum absolute atomic E-state index is 5.88. The van der Waals surface area contributed by atoms with Crippen LogP contribution in [0, 0.1) is 5.41 Å². The molecule has 1 aliphatic carbocycles. The Morgan fingerprint density at radius 3 is 2.30 bits per heavy atom. The van der Waals surface area contributed by atoms with E-state index in [0.717, 1.165) is 18.7 Å². The normalized spacial score (nSPS) is 19.0. The molecule has 2 rings (SSSR count). The number of anilines is 1. The molecule has 1 atom stereocenters. The minimum Gasteiger partial charge on any atom is -0.373 e. The van der Waals surface area contributed by atoms with Crippen LogP contribution in [0.5, 0.6) is 0 Å². The van der Waals surface area contributed by atoms with Gasteiger partial charge in [-0.25, -0.2) is 4.98 Å². The Labute approximate surface area is 121 Å².